The maximum Gasteiger partial charge on any atom is 0.239 e. The summed E-state index contributed by atoms with van der Waals surface area (Å²) >= 11 is 5.71. The minimum absolute atomic E-state index is 0.147. The predicted molar refractivity (Wildman–Crippen MR) is 129 cm³/mol. The van der Waals surface area contributed by atoms with E-state index >= 15 is 0 Å². The van der Waals surface area contributed by atoms with Crippen molar-refractivity contribution in [2.24, 2.45) is 5.41 Å². The van der Waals surface area contributed by atoms with E-state index in [1.807, 2.05) is 29.7 Å². The molecule has 1 aromatic heterocycles. The van der Waals surface area contributed by atoms with E-state index in [4.69, 9.17) is 16.3 Å². The van der Waals surface area contributed by atoms with Crippen LogP contribution in [-0.2, 0) is 16.3 Å². The van der Waals surface area contributed by atoms with Gasteiger partial charge in [-0.2, -0.15) is 5.26 Å². The summed E-state index contributed by atoms with van der Waals surface area (Å²) in [5, 5.41) is 24.0. The van der Waals surface area contributed by atoms with Crippen LogP contribution < -0.4 is 10.6 Å². The topological polar surface area (TPSA) is 105 Å². The molecule has 0 atom stereocenters. The SMILES string of the molecule is Cc1nnc(-c2ccc(NCC3(C#N)CC3)c(NC(=O)CCl)c2)n1COCC[Si](C)(C)C. The Hall–Kier alpha value is -2.41. The number of alkyl halides is 1. The number of ether oxygens (including phenoxy) is 1. The van der Waals surface area contributed by atoms with Crippen LogP contribution in [0.2, 0.25) is 25.7 Å². The van der Waals surface area contributed by atoms with Gasteiger partial charge in [-0.05, 0) is 44.0 Å². The van der Waals surface area contributed by atoms with E-state index in [0.29, 0.717) is 31.4 Å². The van der Waals surface area contributed by atoms with Crippen LogP contribution in [-0.4, -0.2) is 47.8 Å². The zero-order valence-electron chi connectivity index (χ0n) is 19.2. The summed E-state index contributed by atoms with van der Waals surface area (Å²) in [4.78, 5) is 12.0. The Morgan fingerprint density at radius 2 is 2.06 bits per heavy atom. The highest BCUT2D eigenvalue weighted by molar-refractivity contribution is 6.76. The van der Waals surface area contributed by atoms with E-state index in [1.165, 1.54) is 0 Å². The number of aryl methyl sites for hydroxylation is 1. The number of hydrogen-bond donors (Lipinski definition) is 2. The smallest absolute Gasteiger partial charge is 0.239 e. The van der Waals surface area contributed by atoms with Crippen LogP contribution in [0, 0.1) is 23.7 Å². The monoisotopic (exact) mass is 474 g/mol. The first-order valence-corrected chi connectivity index (χ1v) is 15.0. The molecule has 32 heavy (non-hydrogen) atoms. The van der Waals surface area contributed by atoms with Crippen molar-refractivity contribution in [2.75, 3.05) is 29.7 Å². The number of anilines is 2. The summed E-state index contributed by atoms with van der Waals surface area (Å²) in [5.74, 6) is 0.970. The van der Waals surface area contributed by atoms with Crippen molar-refractivity contribution in [1.82, 2.24) is 14.8 Å². The fourth-order valence-corrected chi connectivity index (χ4v) is 3.97. The number of aromatic nitrogens is 3. The van der Waals surface area contributed by atoms with Gasteiger partial charge in [0.1, 0.15) is 18.4 Å². The van der Waals surface area contributed by atoms with Crippen LogP contribution >= 0.6 is 11.6 Å². The van der Waals surface area contributed by atoms with Gasteiger partial charge in [-0.15, -0.1) is 21.8 Å². The number of amides is 1. The molecule has 0 unspecified atom stereocenters. The molecular formula is C22H31ClN6O2Si. The van der Waals surface area contributed by atoms with Gasteiger partial charge in [0.2, 0.25) is 5.91 Å². The molecule has 1 saturated carbocycles. The molecule has 1 heterocycles. The van der Waals surface area contributed by atoms with E-state index in [9.17, 15) is 10.1 Å². The third kappa shape index (κ3) is 6.31. The van der Waals surface area contributed by atoms with Gasteiger partial charge < -0.3 is 15.4 Å². The van der Waals surface area contributed by atoms with Gasteiger partial charge in [0.05, 0.1) is 22.9 Å². The highest BCUT2D eigenvalue weighted by atomic mass is 35.5. The molecule has 1 aliphatic rings. The molecule has 0 bridgehead atoms. The fraction of sp³-hybridized carbons (Fsp3) is 0.545. The van der Waals surface area contributed by atoms with E-state index in [2.05, 4.69) is 46.5 Å². The summed E-state index contributed by atoms with van der Waals surface area (Å²) in [6.45, 7) is 10.5. The average Bonchev–Trinajstić information content (AvgIpc) is 3.45. The largest absolute Gasteiger partial charge is 0.382 e. The molecule has 1 aromatic carbocycles. The van der Waals surface area contributed by atoms with Gasteiger partial charge in [-0.3, -0.25) is 9.36 Å². The van der Waals surface area contributed by atoms with Crippen LogP contribution in [0.15, 0.2) is 18.2 Å². The molecule has 10 heteroatoms. The van der Waals surface area contributed by atoms with Gasteiger partial charge in [0.25, 0.3) is 0 Å². The molecule has 0 radical (unpaired) electrons. The summed E-state index contributed by atoms with van der Waals surface area (Å²) < 4.78 is 7.84. The number of carbonyl (C=O) groups excluding carboxylic acids is 1. The van der Waals surface area contributed by atoms with E-state index < -0.39 is 8.07 Å². The third-order valence-electron chi connectivity index (χ3n) is 5.53. The van der Waals surface area contributed by atoms with Crippen LogP contribution in [0.4, 0.5) is 11.4 Å². The molecule has 0 saturated heterocycles. The second-order valence-corrected chi connectivity index (χ2v) is 15.4. The van der Waals surface area contributed by atoms with Crippen molar-refractivity contribution < 1.29 is 9.53 Å². The standard InChI is InChI=1S/C22H31ClN6O2Si/c1-16-27-28-21(29(16)15-31-9-10-32(2,3)4)17-5-6-18(19(11-17)26-20(30)12-23)25-14-22(13-24)7-8-22/h5-6,11,25H,7-10,12,14-15H2,1-4H3,(H,26,30). The van der Waals surface area contributed by atoms with Crippen molar-refractivity contribution in [2.45, 2.75) is 52.2 Å². The summed E-state index contributed by atoms with van der Waals surface area (Å²) in [6, 6.07) is 9.11. The van der Waals surface area contributed by atoms with Crippen molar-refractivity contribution in [3.05, 3.63) is 24.0 Å². The van der Waals surface area contributed by atoms with E-state index in [1.54, 1.807) is 0 Å². The van der Waals surface area contributed by atoms with Crippen molar-refractivity contribution in [1.29, 1.82) is 5.26 Å². The molecule has 2 N–H and O–H groups in total. The normalized spacial score (nSPS) is 14.6. The molecule has 3 rings (SSSR count). The van der Waals surface area contributed by atoms with Crippen LogP contribution in [0.3, 0.4) is 0 Å². The quantitative estimate of drug-likeness (QED) is 0.283. The lowest BCUT2D eigenvalue weighted by Crippen LogP contribution is -2.22. The van der Waals surface area contributed by atoms with Crippen molar-refractivity contribution in [3.8, 4) is 17.5 Å². The number of benzene rings is 1. The second-order valence-electron chi connectivity index (χ2n) is 9.53. The summed E-state index contributed by atoms with van der Waals surface area (Å²) in [5.41, 5.74) is 1.82. The molecule has 172 valence electrons. The fourth-order valence-electron chi connectivity index (χ4n) is 3.15. The van der Waals surface area contributed by atoms with E-state index in [0.717, 1.165) is 36.0 Å². The number of rotatable bonds is 11. The molecule has 0 spiro atoms. The Labute approximate surface area is 195 Å². The maximum atomic E-state index is 12.0. The van der Waals surface area contributed by atoms with Crippen molar-refractivity contribution in [3.63, 3.8) is 0 Å². The summed E-state index contributed by atoms with van der Waals surface area (Å²) in [7, 11) is -1.17. The van der Waals surface area contributed by atoms with Gasteiger partial charge >= 0.3 is 0 Å². The Bertz CT molecular complexity index is 1010. The number of nitrogens with zero attached hydrogens (tertiary/aromatic N) is 4. The lowest BCUT2D eigenvalue weighted by atomic mass is 10.1. The zero-order chi connectivity index (χ0) is 23.4. The molecule has 1 amide bonds. The van der Waals surface area contributed by atoms with Crippen molar-refractivity contribution >= 4 is 37.0 Å². The number of nitriles is 1. The minimum Gasteiger partial charge on any atom is -0.382 e. The van der Waals surface area contributed by atoms with Crippen LogP contribution in [0.1, 0.15) is 18.7 Å². The Balaban J connectivity index is 1.80. The van der Waals surface area contributed by atoms with Crippen LogP contribution in [0.5, 0.6) is 0 Å². The van der Waals surface area contributed by atoms with Crippen LogP contribution in [0.25, 0.3) is 11.4 Å². The molecule has 1 fully saturated rings. The molecular weight excluding hydrogens is 444 g/mol. The Morgan fingerprint density at radius 1 is 1.31 bits per heavy atom. The van der Waals surface area contributed by atoms with Gasteiger partial charge in [0, 0.05) is 26.8 Å². The van der Waals surface area contributed by atoms with Gasteiger partial charge in [-0.25, -0.2) is 0 Å². The molecule has 1 aliphatic carbocycles. The highest BCUT2D eigenvalue weighted by Gasteiger charge is 2.43. The maximum absolute atomic E-state index is 12.0. The lowest BCUT2D eigenvalue weighted by molar-refractivity contribution is -0.113. The number of carbonyl (C=O) groups is 1. The highest BCUT2D eigenvalue weighted by Crippen LogP contribution is 2.45. The predicted octanol–water partition coefficient (Wildman–Crippen LogP) is 4.46. The number of nitrogens with one attached hydrogen (secondary N) is 2. The first-order chi connectivity index (χ1) is 15.2. The minimum atomic E-state index is -1.17. The number of halogens is 1. The first kappa shape index (κ1) is 24.2. The summed E-state index contributed by atoms with van der Waals surface area (Å²) in [6.07, 6.45) is 1.77. The average molecular weight is 475 g/mol. The number of hydrogen-bond acceptors (Lipinski definition) is 6. The molecule has 8 nitrogen and oxygen atoms in total. The van der Waals surface area contributed by atoms with Gasteiger partial charge in [0.15, 0.2) is 5.82 Å². The Morgan fingerprint density at radius 3 is 2.69 bits per heavy atom. The van der Waals surface area contributed by atoms with E-state index in [-0.39, 0.29) is 17.2 Å². The zero-order valence-corrected chi connectivity index (χ0v) is 20.9. The third-order valence-corrected chi connectivity index (χ3v) is 7.48. The Kier molecular flexibility index (Phi) is 7.59. The first-order valence-electron chi connectivity index (χ1n) is 10.8. The lowest BCUT2D eigenvalue weighted by Gasteiger charge is -2.17. The second kappa shape index (κ2) is 10.0. The molecule has 2 aromatic rings. The van der Waals surface area contributed by atoms with Gasteiger partial charge in [-0.1, -0.05) is 19.6 Å². The molecule has 0 aliphatic heterocycles.